The Morgan fingerprint density at radius 2 is 2.11 bits per heavy atom. The van der Waals surface area contributed by atoms with Crippen LogP contribution in [0, 0.1) is 0 Å². The molecule has 7 nitrogen and oxygen atoms in total. The van der Waals surface area contributed by atoms with Crippen molar-refractivity contribution in [3.8, 4) is 0 Å². The van der Waals surface area contributed by atoms with E-state index in [1.165, 1.54) is 12.8 Å². The van der Waals surface area contributed by atoms with Gasteiger partial charge in [0.05, 0.1) is 18.2 Å². The fraction of sp³-hybridized carbons (Fsp3) is 0.583. The normalized spacial score (nSPS) is 15.4. The minimum Gasteiger partial charge on any atom is -0.395 e. The van der Waals surface area contributed by atoms with Crippen molar-refractivity contribution in [2.24, 2.45) is 7.05 Å². The molecule has 1 aliphatic heterocycles. The van der Waals surface area contributed by atoms with Crippen LogP contribution in [0.15, 0.2) is 6.20 Å². The first kappa shape index (κ1) is 12.2. The Labute approximate surface area is 111 Å². The van der Waals surface area contributed by atoms with Gasteiger partial charge in [-0.1, -0.05) is 0 Å². The highest BCUT2D eigenvalue weighted by Crippen LogP contribution is 2.24. The van der Waals surface area contributed by atoms with E-state index in [0.717, 1.165) is 35.9 Å². The van der Waals surface area contributed by atoms with Crippen LogP contribution in [-0.4, -0.2) is 51.1 Å². The second kappa shape index (κ2) is 5.00. The standard InChI is InChI=1S/C12H18N6O/c1-17-11-9(8-14-17)10(13-4-7-19)15-12(16-11)18-5-2-3-6-18/h8,19H,2-7H2,1H3,(H,13,15,16). The second-order valence-corrected chi connectivity index (χ2v) is 4.72. The van der Waals surface area contributed by atoms with E-state index in [1.54, 1.807) is 10.9 Å². The quantitative estimate of drug-likeness (QED) is 0.828. The molecule has 2 aromatic heterocycles. The van der Waals surface area contributed by atoms with Gasteiger partial charge in [0.1, 0.15) is 5.82 Å². The summed E-state index contributed by atoms with van der Waals surface area (Å²) in [5.41, 5.74) is 0.817. The Bertz CT molecular complexity index is 575. The number of aliphatic hydroxyl groups excluding tert-OH is 1. The fourth-order valence-electron chi connectivity index (χ4n) is 2.38. The molecule has 0 bridgehead atoms. The molecule has 19 heavy (non-hydrogen) atoms. The highest BCUT2D eigenvalue weighted by molar-refractivity contribution is 5.87. The molecule has 1 fully saturated rings. The van der Waals surface area contributed by atoms with Crippen LogP contribution < -0.4 is 10.2 Å². The number of hydrogen-bond acceptors (Lipinski definition) is 6. The van der Waals surface area contributed by atoms with Crippen LogP contribution in [0.4, 0.5) is 11.8 Å². The van der Waals surface area contributed by atoms with E-state index in [2.05, 4.69) is 25.3 Å². The van der Waals surface area contributed by atoms with Crippen molar-refractivity contribution < 1.29 is 5.11 Å². The summed E-state index contributed by atoms with van der Waals surface area (Å²) in [7, 11) is 1.87. The summed E-state index contributed by atoms with van der Waals surface area (Å²) in [5, 5.41) is 17.2. The van der Waals surface area contributed by atoms with Crippen molar-refractivity contribution in [2.45, 2.75) is 12.8 Å². The van der Waals surface area contributed by atoms with E-state index in [0.29, 0.717) is 6.54 Å². The van der Waals surface area contributed by atoms with Gasteiger partial charge in [0.15, 0.2) is 5.65 Å². The number of fused-ring (bicyclic) bond motifs is 1. The number of nitrogens with zero attached hydrogens (tertiary/aromatic N) is 5. The maximum atomic E-state index is 8.95. The smallest absolute Gasteiger partial charge is 0.229 e. The lowest BCUT2D eigenvalue weighted by Crippen LogP contribution is -2.21. The van der Waals surface area contributed by atoms with Crippen molar-refractivity contribution in [1.82, 2.24) is 19.7 Å². The molecule has 2 N–H and O–H groups in total. The largest absolute Gasteiger partial charge is 0.395 e. The first-order valence-electron chi connectivity index (χ1n) is 6.59. The molecule has 0 radical (unpaired) electrons. The number of hydrogen-bond donors (Lipinski definition) is 2. The Balaban J connectivity index is 2.04. The van der Waals surface area contributed by atoms with Crippen molar-refractivity contribution in [3.05, 3.63) is 6.20 Å². The summed E-state index contributed by atoms with van der Waals surface area (Å²) in [5.74, 6) is 1.49. The van der Waals surface area contributed by atoms with Gasteiger partial charge < -0.3 is 15.3 Å². The van der Waals surface area contributed by atoms with E-state index < -0.39 is 0 Å². The number of aryl methyl sites for hydroxylation is 1. The van der Waals surface area contributed by atoms with Crippen LogP contribution in [0.3, 0.4) is 0 Å². The molecule has 1 saturated heterocycles. The topological polar surface area (TPSA) is 79.1 Å². The van der Waals surface area contributed by atoms with Gasteiger partial charge in [-0.15, -0.1) is 0 Å². The van der Waals surface area contributed by atoms with Crippen LogP contribution >= 0.6 is 0 Å². The van der Waals surface area contributed by atoms with E-state index in [4.69, 9.17) is 5.11 Å². The summed E-state index contributed by atoms with van der Waals surface area (Å²) in [6, 6.07) is 0. The molecule has 7 heteroatoms. The van der Waals surface area contributed by atoms with Crippen LogP contribution in [0.2, 0.25) is 0 Å². The number of anilines is 2. The molecule has 102 valence electrons. The first-order valence-corrected chi connectivity index (χ1v) is 6.59. The Hall–Kier alpha value is -1.89. The lowest BCUT2D eigenvalue weighted by molar-refractivity contribution is 0.311. The molecule has 0 aromatic carbocycles. The molecule has 0 aliphatic carbocycles. The summed E-state index contributed by atoms with van der Waals surface area (Å²) in [6.45, 7) is 2.55. The average Bonchev–Trinajstić information content (AvgIpc) is 3.06. The Morgan fingerprint density at radius 1 is 1.32 bits per heavy atom. The predicted molar refractivity (Wildman–Crippen MR) is 73.3 cm³/mol. The molecule has 0 unspecified atom stereocenters. The lowest BCUT2D eigenvalue weighted by atomic mass is 10.4. The van der Waals surface area contributed by atoms with Gasteiger partial charge in [0, 0.05) is 26.7 Å². The summed E-state index contributed by atoms with van der Waals surface area (Å²) in [4.78, 5) is 11.4. The minimum atomic E-state index is 0.0742. The number of aromatic nitrogens is 4. The van der Waals surface area contributed by atoms with Crippen molar-refractivity contribution in [3.63, 3.8) is 0 Å². The van der Waals surface area contributed by atoms with Crippen LogP contribution in [0.1, 0.15) is 12.8 Å². The van der Waals surface area contributed by atoms with Crippen LogP contribution in [0.5, 0.6) is 0 Å². The van der Waals surface area contributed by atoms with Crippen molar-refractivity contribution >= 4 is 22.8 Å². The van der Waals surface area contributed by atoms with Gasteiger partial charge >= 0.3 is 0 Å². The van der Waals surface area contributed by atoms with Crippen molar-refractivity contribution in [1.29, 1.82) is 0 Å². The van der Waals surface area contributed by atoms with Gasteiger partial charge in [0.2, 0.25) is 5.95 Å². The van der Waals surface area contributed by atoms with Gasteiger partial charge in [-0.2, -0.15) is 15.1 Å². The third kappa shape index (κ3) is 2.21. The zero-order valence-electron chi connectivity index (χ0n) is 11.0. The fourth-order valence-corrected chi connectivity index (χ4v) is 2.38. The second-order valence-electron chi connectivity index (χ2n) is 4.72. The monoisotopic (exact) mass is 262 g/mol. The average molecular weight is 262 g/mol. The molecule has 3 heterocycles. The zero-order chi connectivity index (χ0) is 13.2. The maximum Gasteiger partial charge on any atom is 0.229 e. The molecule has 0 atom stereocenters. The van der Waals surface area contributed by atoms with Crippen LogP contribution in [0.25, 0.3) is 11.0 Å². The third-order valence-electron chi connectivity index (χ3n) is 3.37. The van der Waals surface area contributed by atoms with E-state index in [1.807, 2.05) is 7.05 Å². The van der Waals surface area contributed by atoms with Gasteiger partial charge in [-0.05, 0) is 12.8 Å². The third-order valence-corrected chi connectivity index (χ3v) is 3.37. The minimum absolute atomic E-state index is 0.0742. The number of nitrogens with one attached hydrogen (secondary N) is 1. The highest BCUT2D eigenvalue weighted by Gasteiger charge is 2.18. The first-order chi connectivity index (χ1) is 9.29. The van der Waals surface area contributed by atoms with Gasteiger partial charge in [0.25, 0.3) is 0 Å². The Morgan fingerprint density at radius 3 is 2.84 bits per heavy atom. The lowest BCUT2D eigenvalue weighted by Gasteiger charge is -2.16. The molecular formula is C12H18N6O. The van der Waals surface area contributed by atoms with Gasteiger partial charge in [-0.25, -0.2) is 0 Å². The maximum absolute atomic E-state index is 8.95. The zero-order valence-corrected chi connectivity index (χ0v) is 11.0. The van der Waals surface area contributed by atoms with Crippen LogP contribution in [-0.2, 0) is 7.05 Å². The molecule has 2 aromatic rings. The SMILES string of the molecule is Cn1ncc2c(NCCO)nc(N3CCCC3)nc21. The Kier molecular flexibility index (Phi) is 3.20. The van der Waals surface area contributed by atoms with Gasteiger partial charge in [-0.3, -0.25) is 4.68 Å². The molecule has 1 aliphatic rings. The molecule has 3 rings (SSSR count). The highest BCUT2D eigenvalue weighted by atomic mass is 16.3. The predicted octanol–water partition coefficient (Wildman–Crippen LogP) is 0.368. The van der Waals surface area contributed by atoms with E-state index in [9.17, 15) is 0 Å². The molecule has 0 saturated carbocycles. The van der Waals surface area contributed by atoms with E-state index in [-0.39, 0.29) is 6.61 Å². The van der Waals surface area contributed by atoms with Crippen molar-refractivity contribution in [2.75, 3.05) is 36.5 Å². The molecule has 0 spiro atoms. The summed E-state index contributed by atoms with van der Waals surface area (Å²) in [6.07, 6.45) is 4.13. The van der Waals surface area contributed by atoms with E-state index >= 15 is 0 Å². The molecule has 0 amide bonds. The summed E-state index contributed by atoms with van der Waals surface area (Å²) < 4.78 is 1.75. The number of aliphatic hydroxyl groups is 1. The summed E-state index contributed by atoms with van der Waals surface area (Å²) >= 11 is 0. The molecular weight excluding hydrogens is 244 g/mol. The number of rotatable bonds is 4.